The van der Waals surface area contributed by atoms with E-state index in [1.54, 1.807) is 29.6 Å². The molecule has 130 valence electrons. The molecule has 0 bridgehead atoms. The molecule has 4 rings (SSSR count). The normalized spacial score (nSPS) is 21.6. The summed E-state index contributed by atoms with van der Waals surface area (Å²) in [7, 11) is 0. The SMILES string of the molecule is Cc1cnc(C(=O)N2CC3(CC(Oc4ncccn4)CCO3)C2)cn1. The van der Waals surface area contributed by atoms with E-state index in [1.807, 2.05) is 6.92 Å². The van der Waals surface area contributed by atoms with Crippen molar-refractivity contribution in [2.24, 2.45) is 0 Å². The highest BCUT2D eigenvalue weighted by Gasteiger charge is 2.50. The van der Waals surface area contributed by atoms with Crippen LogP contribution in [0.2, 0.25) is 0 Å². The molecule has 1 spiro atoms. The van der Waals surface area contributed by atoms with Crippen LogP contribution in [0.15, 0.2) is 30.9 Å². The Morgan fingerprint density at radius 1 is 1.24 bits per heavy atom. The average molecular weight is 341 g/mol. The van der Waals surface area contributed by atoms with E-state index >= 15 is 0 Å². The van der Waals surface area contributed by atoms with E-state index in [2.05, 4.69) is 19.9 Å². The molecule has 0 aromatic carbocycles. The predicted molar refractivity (Wildman–Crippen MR) is 87.0 cm³/mol. The number of rotatable bonds is 3. The van der Waals surface area contributed by atoms with Crippen molar-refractivity contribution in [3.63, 3.8) is 0 Å². The molecule has 0 saturated carbocycles. The molecule has 0 radical (unpaired) electrons. The minimum Gasteiger partial charge on any atom is -0.460 e. The third-order valence-electron chi connectivity index (χ3n) is 4.51. The summed E-state index contributed by atoms with van der Waals surface area (Å²) < 4.78 is 11.8. The zero-order valence-electron chi connectivity index (χ0n) is 14.0. The van der Waals surface area contributed by atoms with Gasteiger partial charge in [0.05, 0.1) is 31.6 Å². The summed E-state index contributed by atoms with van der Waals surface area (Å²) in [4.78, 5) is 30.7. The zero-order valence-corrected chi connectivity index (χ0v) is 14.0. The Balaban J connectivity index is 1.36. The van der Waals surface area contributed by atoms with E-state index in [0.717, 1.165) is 12.1 Å². The van der Waals surface area contributed by atoms with Crippen molar-refractivity contribution >= 4 is 5.91 Å². The maximum Gasteiger partial charge on any atom is 0.316 e. The van der Waals surface area contributed by atoms with Gasteiger partial charge in [-0.15, -0.1) is 0 Å². The highest BCUT2D eigenvalue weighted by Crippen LogP contribution is 2.35. The number of carbonyl (C=O) groups is 1. The summed E-state index contributed by atoms with van der Waals surface area (Å²) in [5, 5.41) is 0. The Hall–Kier alpha value is -2.61. The van der Waals surface area contributed by atoms with Gasteiger partial charge in [0.25, 0.3) is 5.91 Å². The minimum absolute atomic E-state index is 0.00688. The van der Waals surface area contributed by atoms with Gasteiger partial charge < -0.3 is 14.4 Å². The highest BCUT2D eigenvalue weighted by atomic mass is 16.5. The van der Waals surface area contributed by atoms with Gasteiger partial charge in [0, 0.05) is 31.4 Å². The second-order valence-corrected chi connectivity index (χ2v) is 6.50. The first kappa shape index (κ1) is 15.9. The second-order valence-electron chi connectivity index (χ2n) is 6.50. The summed E-state index contributed by atoms with van der Waals surface area (Å²) in [6.07, 6.45) is 7.93. The molecule has 2 aromatic heterocycles. The van der Waals surface area contributed by atoms with Crippen molar-refractivity contribution < 1.29 is 14.3 Å². The standard InChI is InChI=1S/C17H19N5O3/c1-12-8-21-14(9-20-12)15(23)22-10-17(11-22)7-13(3-6-24-17)25-16-18-4-2-5-19-16/h2,4-5,8-9,13H,3,6-7,10-11H2,1H3. The van der Waals surface area contributed by atoms with Crippen LogP contribution in [0.5, 0.6) is 6.01 Å². The summed E-state index contributed by atoms with van der Waals surface area (Å²) in [5.74, 6) is -0.115. The summed E-state index contributed by atoms with van der Waals surface area (Å²) in [6.45, 7) is 3.52. The fraction of sp³-hybridized carbons (Fsp3) is 0.471. The minimum atomic E-state index is -0.342. The van der Waals surface area contributed by atoms with Crippen molar-refractivity contribution in [2.75, 3.05) is 19.7 Å². The molecule has 1 unspecified atom stereocenters. The topological polar surface area (TPSA) is 90.3 Å². The molecule has 4 heterocycles. The summed E-state index contributed by atoms with van der Waals surface area (Å²) >= 11 is 0. The lowest BCUT2D eigenvalue weighted by atomic mass is 9.84. The van der Waals surface area contributed by atoms with Crippen LogP contribution >= 0.6 is 0 Å². The van der Waals surface area contributed by atoms with Crippen LogP contribution in [-0.4, -0.2) is 62.1 Å². The van der Waals surface area contributed by atoms with Gasteiger partial charge in [0.15, 0.2) is 0 Å². The van der Waals surface area contributed by atoms with E-state index in [1.165, 1.54) is 6.20 Å². The van der Waals surface area contributed by atoms with Gasteiger partial charge in [-0.2, -0.15) is 0 Å². The average Bonchev–Trinajstić information content (AvgIpc) is 2.61. The van der Waals surface area contributed by atoms with Crippen LogP contribution in [-0.2, 0) is 4.74 Å². The van der Waals surface area contributed by atoms with E-state index in [4.69, 9.17) is 9.47 Å². The number of aromatic nitrogens is 4. The first-order valence-corrected chi connectivity index (χ1v) is 8.29. The molecular formula is C17H19N5O3. The number of carbonyl (C=O) groups excluding carboxylic acids is 1. The lowest BCUT2D eigenvalue weighted by Gasteiger charge is -2.52. The molecule has 1 amide bonds. The van der Waals surface area contributed by atoms with Gasteiger partial charge in [-0.25, -0.2) is 15.0 Å². The third kappa shape index (κ3) is 3.30. The second kappa shape index (κ2) is 6.36. The first-order chi connectivity index (χ1) is 12.1. The molecule has 2 aliphatic heterocycles. The maximum absolute atomic E-state index is 12.5. The van der Waals surface area contributed by atoms with E-state index in [-0.39, 0.29) is 17.6 Å². The van der Waals surface area contributed by atoms with E-state index < -0.39 is 0 Å². The van der Waals surface area contributed by atoms with Crippen LogP contribution in [0.1, 0.15) is 29.0 Å². The molecule has 0 N–H and O–H groups in total. The fourth-order valence-corrected chi connectivity index (χ4v) is 3.26. The predicted octanol–water partition coefficient (Wildman–Crippen LogP) is 1.03. The van der Waals surface area contributed by atoms with Crippen LogP contribution < -0.4 is 4.74 Å². The monoisotopic (exact) mass is 341 g/mol. The van der Waals surface area contributed by atoms with Crippen LogP contribution in [0.25, 0.3) is 0 Å². The molecule has 2 saturated heterocycles. The number of ether oxygens (including phenoxy) is 2. The van der Waals surface area contributed by atoms with Gasteiger partial charge in [0.2, 0.25) is 0 Å². The molecular weight excluding hydrogens is 322 g/mol. The van der Waals surface area contributed by atoms with E-state index in [0.29, 0.717) is 37.8 Å². The Labute approximate surface area is 145 Å². The molecule has 2 aliphatic rings. The lowest BCUT2D eigenvalue weighted by Crippen LogP contribution is -2.67. The number of hydrogen-bond donors (Lipinski definition) is 0. The number of aryl methyl sites for hydroxylation is 1. The summed E-state index contributed by atoms with van der Waals surface area (Å²) in [5.41, 5.74) is 0.808. The smallest absolute Gasteiger partial charge is 0.316 e. The van der Waals surface area contributed by atoms with Gasteiger partial charge in [-0.05, 0) is 13.0 Å². The molecule has 0 aliphatic carbocycles. The number of hydrogen-bond acceptors (Lipinski definition) is 7. The molecule has 2 fully saturated rings. The summed E-state index contributed by atoms with van der Waals surface area (Å²) in [6, 6.07) is 2.13. The Morgan fingerprint density at radius 3 is 2.76 bits per heavy atom. The van der Waals surface area contributed by atoms with Gasteiger partial charge in [-0.1, -0.05) is 0 Å². The van der Waals surface area contributed by atoms with Gasteiger partial charge >= 0.3 is 6.01 Å². The number of amides is 1. The molecule has 2 aromatic rings. The Bertz CT molecular complexity index is 747. The number of nitrogens with zero attached hydrogens (tertiary/aromatic N) is 5. The lowest BCUT2D eigenvalue weighted by molar-refractivity contribution is -0.174. The van der Waals surface area contributed by atoms with Crippen molar-refractivity contribution in [3.05, 3.63) is 42.2 Å². The molecule has 1 atom stereocenters. The number of likely N-dealkylation sites (tertiary alicyclic amines) is 1. The fourth-order valence-electron chi connectivity index (χ4n) is 3.26. The molecule has 8 heteroatoms. The highest BCUT2D eigenvalue weighted by molar-refractivity contribution is 5.92. The largest absolute Gasteiger partial charge is 0.460 e. The van der Waals surface area contributed by atoms with Crippen LogP contribution in [0.4, 0.5) is 0 Å². The van der Waals surface area contributed by atoms with Crippen LogP contribution in [0.3, 0.4) is 0 Å². The zero-order chi connectivity index (χ0) is 17.3. The van der Waals surface area contributed by atoms with Crippen molar-refractivity contribution in [2.45, 2.75) is 31.5 Å². The molecule has 25 heavy (non-hydrogen) atoms. The first-order valence-electron chi connectivity index (χ1n) is 8.29. The quantitative estimate of drug-likeness (QED) is 0.823. The van der Waals surface area contributed by atoms with Crippen molar-refractivity contribution in [3.8, 4) is 6.01 Å². The van der Waals surface area contributed by atoms with Crippen LogP contribution in [0, 0.1) is 6.92 Å². The third-order valence-corrected chi connectivity index (χ3v) is 4.51. The Kier molecular flexibility index (Phi) is 4.04. The van der Waals surface area contributed by atoms with Crippen molar-refractivity contribution in [1.29, 1.82) is 0 Å². The molecule has 8 nitrogen and oxygen atoms in total. The van der Waals surface area contributed by atoms with E-state index in [9.17, 15) is 4.79 Å². The Morgan fingerprint density at radius 2 is 2.04 bits per heavy atom. The van der Waals surface area contributed by atoms with Crippen molar-refractivity contribution in [1.82, 2.24) is 24.8 Å². The van der Waals surface area contributed by atoms with Gasteiger partial charge in [0.1, 0.15) is 17.4 Å². The maximum atomic E-state index is 12.5. The van der Waals surface area contributed by atoms with Gasteiger partial charge in [-0.3, -0.25) is 9.78 Å².